The molecule has 1 aliphatic rings. The molecule has 1 saturated heterocycles. The van der Waals surface area contributed by atoms with Crippen molar-refractivity contribution < 1.29 is 9.50 Å². The van der Waals surface area contributed by atoms with Gasteiger partial charge in [-0.05, 0) is 74.5 Å². The van der Waals surface area contributed by atoms with Crippen molar-refractivity contribution in [2.45, 2.75) is 44.1 Å². The lowest BCUT2D eigenvalue weighted by molar-refractivity contribution is 0.0717. The van der Waals surface area contributed by atoms with E-state index >= 15 is 0 Å². The number of unbranched alkanes of at least 4 members (excludes halogenated alkanes) is 1. The molecule has 148 valence electrons. The van der Waals surface area contributed by atoms with Crippen molar-refractivity contribution in [3.8, 4) is 0 Å². The van der Waals surface area contributed by atoms with Gasteiger partial charge in [0.1, 0.15) is 5.82 Å². The molecule has 0 amide bonds. The predicted octanol–water partition coefficient (Wildman–Crippen LogP) is 4.87. The third kappa shape index (κ3) is 4.13. The number of hydrogen-bond donors (Lipinski definition) is 2. The van der Waals surface area contributed by atoms with Crippen molar-refractivity contribution in [3.05, 3.63) is 71.7 Å². The molecule has 2 atom stereocenters. The Morgan fingerprint density at radius 3 is 2.79 bits per heavy atom. The maximum absolute atomic E-state index is 13.5. The van der Waals surface area contributed by atoms with Gasteiger partial charge >= 0.3 is 0 Å². The first-order valence-electron chi connectivity index (χ1n) is 10.4. The molecule has 0 radical (unpaired) electrons. The third-order valence-electron chi connectivity index (χ3n) is 6.18. The van der Waals surface area contributed by atoms with Crippen LogP contribution < -0.4 is 0 Å². The lowest BCUT2D eigenvalue weighted by Crippen LogP contribution is -2.46. The van der Waals surface area contributed by atoms with E-state index in [0.29, 0.717) is 5.92 Å². The molecule has 4 heteroatoms. The normalized spacial score (nSPS) is 20.6. The number of aromatic nitrogens is 1. The quantitative estimate of drug-likeness (QED) is 0.574. The Balaban J connectivity index is 1.34. The highest BCUT2D eigenvalue weighted by atomic mass is 19.1. The number of hydrogen-bond acceptors (Lipinski definition) is 2. The van der Waals surface area contributed by atoms with Gasteiger partial charge in [0.25, 0.3) is 0 Å². The summed E-state index contributed by atoms with van der Waals surface area (Å²) >= 11 is 0. The minimum absolute atomic E-state index is 0.181. The van der Waals surface area contributed by atoms with Crippen LogP contribution in [0.15, 0.2) is 54.7 Å². The minimum atomic E-state index is -0.181. The first kappa shape index (κ1) is 19.2. The number of rotatable bonds is 7. The maximum Gasteiger partial charge on any atom is 0.123 e. The molecule has 4 rings (SSSR count). The Kier molecular flexibility index (Phi) is 6.08. The van der Waals surface area contributed by atoms with Crippen molar-refractivity contribution in [1.29, 1.82) is 0 Å². The van der Waals surface area contributed by atoms with Gasteiger partial charge in [0.05, 0.1) is 6.61 Å². The molecule has 2 heterocycles. The first-order chi connectivity index (χ1) is 13.8. The summed E-state index contributed by atoms with van der Waals surface area (Å²) in [4.78, 5) is 5.70. The number of fused-ring (bicyclic) bond motifs is 1. The number of likely N-dealkylation sites (tertiary alicyclic amines) is 1. The Morgan fingerprint density at radius 2 is 1.96 bits per heavy atom. The van der Waals surface area contributed by atoms with Crippen LogP contribution in [0.5, 0.6) is 0 Å². The minimum Gasteiger partial charge on any atom is -0.395 e. The highest BCUT2D eigenvalue weighted by molar-refractivity contribution is 5.83. The SMILES string of the molecule is OCC1C(c2ccccc2)CCCN1CCCCc1c[nH]c2ccc(F)cc12. The molecule has 3 nitrogen and oxygen atoms in total. The van der Waals surface area contributed by atoms with Gasteiger partial charge in [-0.3, -0.25) is 4.90 Å². The van der Waals surface area contributed by atoms with Crippen LogP contribution in [0.25, 0.3) is 10.9 Å². The monoisotopic (exact) mass is 380 g/mol. The molecule has 1 fully saturated rings. The molecule has 2 unspecified atom stereocenters. The van der Waals surface area contributed by atoms with Crippen molar-refractivity contribution in [3.63, 3.8) is 0 Å². The molecule has 0 saturated carbocycles. The topological polar surface area (TPSA) is 39.3 Å². The molecule has 1 aliphatic heterocycles. The van der Waals surface area contributed by atoms with E-state index in [1.807, 2.05) is 6.20 Å². The van der Waals surface area contributed by atoms with Crippen LogP contribution in [0.3, 0.4) is 0 Å². The number of nitrogens with one attached hydrogen (secondary N) is 1. The third-order valence-corrected chi connectivity index (χ3v) is 6.18. The van der Waals surface area contributed by atoms with E-state index in [1.54, 1.807) is 12.1 Å². The van der Waals surface area contributed by atoms with Crippen LogP contribution in [-0.4, -0.2) is 40.7 Å². The molecule has 1 aromatic heterocycles. The van der Waals surface area contributed by atoms with Crippen molar-refractivity contribution in [2.24, 2.45) is 0 Å². The van der Waals surface area contributed by atoms with Crippen molar-refractivity contribution >= 4 is 10.9 Å². The zero-order valence-corrected chi connectivity index (χ0v) is 16.3. The fraction of sp³-hybridized carbons (Fsp3) is 0.417. The van der Waals surface area contributed by atoms with E-state index in [0.717, 1.165) is 49.7 Å². The summed E-state index contributed by atoms with van der Waals surface area (Å²) in [5.74, 6) is 0.232. The largest absolute Gasteiger partial charge is 0.395 e. The van der Waals surface area contributed by atoms with Crippen LogP contribution in [0, 0.1) is 5.82 Å². The Morgan fingerprint density at radius 1 is 1.11 bits per heavy atom. The average molecular weight is 381 g/mol. The van der Waals surface area contributed by atoms with E-state index in [2.05, 4.69) is 40.2 Å². The lowest BCUT2D eigenvalue weighted by Gasteiger charge is -2.41. The molecule has 3 aromatic rings. The van der Waals surface area contributed by atoms with Crippen LogP contribution in [0.1, 0.15) is 42.7 Å². The van der Waals surface area contributed by atoms with Gasteiger partial charge in [0.15, 0.2) is 0 Å². The second-order valence-corrected chi connectivity index (χ2v) is 7.91. The van der Waals surface area contributed by atoms with E-state index in [1.165, 1.54) is 23.6 Å². The summed E-state index contributed by atoms with van der Waals surface area (Å²) in [7, 11) is 0. The summed E-state index contributed by atoms with van der Waals surface area (Å²) in [5, 5.41) is 11.1. The van der Waals surface area contributed by atoms with E-state index in [4.69, 9.17) is 0 Å². The lowest BCUT2D eigenvalue weighted by atomic mass is 9.83. The smallest absolute Gasteiger partial charge is 0.123 e. The van der Waals surface area contributed by atoms with Crippen LogP contribution in [0.2, 0.25) is 0 Å². The summed E-state index contributed by atoms with van der Waals surface area (Å²) in [5.41, 5.74) is 3.53. The van der Waals surface area contributed by atoms with Gasteiger partial charge in [-0.25, -0.2) is 4.39 Å². The zero-order chi connectivity index (χ0) is 19.3. The number of aryl methyl sites for hydroxylation is 1. The van der Waals surface area contributed by atoms with E-state index in [9.17, 15) is 9.50 Å². The highest BCUT2D eigenvalue weighted by Gasteiger charge is 2.31. The summed E-state index contributed by atoms with van der Waals surface area (Å²) in [6, 6.07) is 15.7. The number of benzene rings is 2. The summed E-state index contributed by atoms with van der Waals surface area (Å²) < 4.78 is 13.5. The number of piperidine rings is 1. The average Bonchev–Trinajstić information content (AvgIpc) is 3.13. The molecule has 0 bridgehead atoms. The Hall–Kier alpha value is -2.17. The number of H-pyrrole nitrogens is 1. The molecule has 0 spiro atoms. The zero-order valence-electron chi connectivity index (χ0n) is 16.3. The number of aliphatic hydroxyl groups is 1. The molecule has 0 aliphatic carbocycles. The molecule has 28 heavy (non-hydrogen) atoms. The number of aromatic amines is 1. The van der Waals surface area contributed by atoms with Gasteiger partial charge < -0.3 is 10.1 Å². The second kappa shape index (κ2) is 8.89. The maximum atomic E-state index is 13.5. The number of halogens is 1. The van der Waals surface area contributed by atoms with Crippen LogP contribution >= 0.6 is 0 Å². The van der Waals surface area contributed by atoms with Crippen molar-refractivity contribution in [1.82, 2.24) is 9.88 Å². The highest BCUT2D eigenvalue weighted by Crippen LogP contribution is 2.32. The summed E-state index contributed by atoms with van der Waals surface area (Å²) in [6.45, 7) is 2.28. The molecule has 2 N–H and O–H groups in total. The van der Waals surface area contributed by atoms with Gasteiger partial charge in [0, 0.05) is 29.1 Å². The second-order valence-electron chi connectivity index (χ2n) is 7.91. The van der Waals surface area contributed by atoms with E-state index in [-0.39, 0.29) is 18.5 Å². The standard InChI is InChI=1S/C24H29FN2O/c25-20-11-12-23-22(15-20)19(16-26-23)9-4-5-13-27-14-6-10-21(24(27)17-28)18-7-2-1-3-8-18/h1-3,7-8,11-12,15-16,21,24,26,28H,4-6,9-10,13-14,17H2. The van der Waals surface area contributed by atoms with Gasteiger partial charge in [-0.1, -0.05) is 30.3 Å². The fourth-order valence-corrected chi connectivity index (χ4v) is 4.72. The summed E-state index contributed by atoms with van der Waals surface area (Å²) in [6.07, 6.45) is 7.43. The van der Waals surface area contributed by atoms with Gasteiger partial charge in [-0.2, -0.15) is 0 Å². The molecular formula is C24H29FN2O. The first-order valence-corrected chi connectivity index (χ1v) is 10.4. The molecule has 2 aromatic carbocycles. The predicted molar refractivity (Wildman–Crippen MR) is 112 cm³/mol. The number of nitrogens with zero attached hydrogens (tertiary/aromatic N) is 1. The number of aliphatic hydroxyl groups excluding tert-OH is 1. The van der Waals surface area contributed by atoms with Crippen LogP contribution in [0.4, 0.5) is 4.39 Å². The van der Waals surface area contributed by atoms with E-state index < -0.39 is 0 Å². The van der Waals surface area contributed by atoms with Gasteiger partial charge in [-0.15, -0.1) is 0 Å². The Bertz CT molecular complexity index is 892. The fourth-order valence-electron chi connectivity index (χ4n) is 4.72. The molecular weight excluding hydrogens is 351 g/mol. The van der Waals surface area contributed by atoms with Crippen molar-refractivity contribution in [2.75, 3.05) is 19.7 Å². The van der Waals surface area contributed by atoms with Crippen LogP contribution in [-0.2, 0) is 6.42 Å². The Labute approximate surface area is 166 Å². The van der Waals surface area contributed by atoms with Gasteiger partial charge in [0.2, 0.25) is 0 Å².